The quantitative estimate of drug-likeness (QED) is 0.643. The Morgan fingerprint density at radius 3 is 2.46 bits per heavy atom. The molecule has 78 valence electrons. The van der Waals surface area contributed by atoms with E-state index in [0.717, 1.165) is 6.04 Å². The summed E-state index contributed by atoms with van der Waals surface area (Å²) in [6, 6.07) is 0.788. The maximum Gasteiger partial charge on any atom is 0.00790 e. The van der Waals surface area contributed by atoms with Crippen molar-refractivity contribution in [2.24, 2.45) is 0 Å². The normalized spacial score (nSPS) is 21.2. The van der Waals surface area contributed by atoms with E-state index in [0.29, 0.717) is 0 Å². The topological polar surface area (TPSA) is 6.48 Å². The molecule has 2 nitrogen and oxygen atoms in total. The van der Waals surface area contributed by atoms with Crippen LogP contribution in [0.2, 0.25) is 0 Å². The molecule has 0 aliphatic carbocycles. The highest BCUT2D eigenvalue weighted by atomic mass is 15.2. The molecule has 0 spiro atoms. The van der Waals surface area contributed by atoms with Gasteiger partial charge in [-0.15, -0.1) is 0 Å². The van der Waals surface area contributed by atoms with Crippen LogP contribution in [0.1, 0.15) is 33.1 Å². The minimum absolute atomic E-state index is 0.788. The van der Waals surface area contributed by atoms with Crippen molar-refractivity contribution in [2.45, 2.75) is 39.2 Å². The molecule has 0 aromatic heterocycles. The van der Waals surface area contributed by atoms with Gasteiger partial charge >= 0.3 is 0 Å². The van der Waals surface area contributed by atoms with Crippen molar-refractivity contribution in [2.75, 3.05) is 33.2 Å². The second kappa shape index (κ2) is 5.61. The Balaban J connectivity index is 2.12. The molecule has 0 amide bonds. The van der Waals surface area contributed by atoms with Crippen LogP contribution in [0, 0.1) is 0 Å². The Morgan fingerprint density at radius 1 is 1.31 bits per heavy atom. The van der Waals surface area contributed by atoms with Gasteiger partial charge < -0.3 is 9.80 Å². The van der Waals surface area contributed by atoms with Crippen molar-refractivity contribution in [1.29, 1.82) is 0 Å². The predicted molar refractivity (Wildman–Crippen MR) is 58.1 cm³/mol. The first-order valence-corrected chi connectivity index (χ1v) is 5.66. The van der Waals surface area contributed by atoms with Gasteiger partial charge in [-0.25, -0.2) is 0 Å². The Labute approximate surface area is 82.9 Å². The Bertz CT molecular complexity index is 130. The summed E-state index contributed by atoms with van der Waals surface area (Å²) in [4.78, 5) is 5.02. The van der Waals surface area contributed by atoms with Crippen LogP contribution in [0.15, 0.2) is 0 Å². The fourth-order valence-corrected chi connectivity index (χ4v) is 1.93. The van der Waals surface area contributed by atoms with Crippen molar-refractivity contribution in [1.82, 2.24) is 9.80 Å². The number of likely N-dealkylation sites (tertiary alicyclic amines) is 1. The highest BCUT2D eigenvalue weighted by Crippen LogP contribution is 2.13. The molecular weight excluding hydrogens is 160 g/mol. The van der Waals surface area contributed by atoms with E-state index in [1.807, 2.05) is 0 Å². The summed E-state index contributed by atoms with van der Waals surface area (Å²) >= 11 is 0. The average Bonchev–Trinajstić information content (AvgIpc) is 2.66. The Morgan fingerprint density at radius 2 is 1.92 bits per heavy atom. The van der Waals surface area contributed by atoms with Gasteiger partial charge in [0.05, 0.1) is 0 Å². The van der Waals surface area contributed by atoms with Crippen molar-refractivity contribution in [3.05, 3.63) is 0 Å². The highest BCUT2D eigenvalue weighted by Gasteiger charge is 2.17. The van der Waals surface area contributed by atoms with E-state index in [-0.39, 0.29) is 0 Å². The second-order valence-corrected chi connectivity index (χ2v) is 4.28. The van der Waals surface area contributed by atoms with E-state index in [9.17, 15) is 0 Å². The van der Waals surface area contributed by atoms with Crippen LogP contribution < -0.4 is 0 Å². The number of hydrogen-bond donors (Lipinski definition) is 0. The van der Waals surface area contributed by atoms with Gasteiger partial charge in [0.25, 0.3) is 0 Å². The van der Waals surface area contributed by atoms with Crippen LogP contribution in [-0.4, -0.2) is 49.1 Å². The third-order valence-corrected chi connectivity index (χ3v) is 3.23. The van der Waals surface area contributed by atoms with E-state index in [2.05, 4.69) is 30.7 Å². The number of rotatable bonds is 5. The van der Waals surface area contributed by atoms with Crippen LogP contribution in [0.5, 0.6) is 0 Å². The molecule has 13 heavy (non-hydrogen) atoms. The largest absolute Gasteiger partial charge is 0.307 e. The zero-order valence-corrected chi connectivity index (χ0v) is 9.42. The lowest BCUT2D eigenvalue weighted by Gasteiger charge is -2.25. The molecule has 0 aromatic rings. The molecular formula is C11H24N2. The van der Waals surface area contributed by atoms with Crippen LogP contribution in [0.4, 0.5) is 0 Å². The molecule has 0 saturated carbocycles. The van der Waals surface area contributed by atoms with Crippen LogP contribution >= 0.6 is 0 Å². The van der Waals surface area contributed by atoms with E-state index in [4.69, 9.17) is 0 Å². The number of hydrogen-bond acceptors (Lipinski definition) is 2. The Hall–Kier alpha value is -0.0800. The minimum Gasteiger partial charge on any atom is -0.307 e. The van der Waals surface area contributed by atoms with Gasteiger partial charge in [0.1, 0.15) is 0 Å². The summed E-state index contributed by atoms with van der Waals surface area (Å²) in [5.41, 5.74) is 0. The van der Waals surface area contributed by atoms with Gasteiger partial charge in [-0.1, -0.05) is 6.92 Å². The Kier molecular flexibility index (Phi) is 4.74. The molecule has 1 aliphatic heterocycles. The summed E-state index contributed by atoms with van der Waals surface area (Å²) in [5, 5.41) is 0. The summed E-state index contributed by atoms with van der Waals surface area (Å²) in [7, 11) is 2.21. The molecule has 1 atom stereocenters. The lowest BCUT2D eigenvalue weighted by molar-refractivity contribution is 0.220. The zero-order chi connectivity index (χ0) is 9.68. The van der Waals surface area contributed by atoms with Crippen molar-refractivity contribution in [3.63, 3.8) is 0 Å². The van der Waals surface area contributed by atoms with Crippen molar-refractivity contribution < 1.29 is 0 Å². The average molecular weight is 184 g/mol. The van der Waals surface area contributed by atoms with Crippen LogP contribution in [0.3, 0.4) is 0 Å². The monoisotopic (exact) mass is 184 g/mol. The van der Waals surface area contributed by atoms with E-state index >= 15 is 0 Å². The third kappa shape index (κ3) is 3.65. The summed E-state index contributed by atoms with van der Waals surface area (Å²) in [5.74, 6) is 0. The summed E-state index contributed by atoms with van der Waals surface area (Å²) < 4.78 is 0. The van der Waals surface area contributed by atoms with E-state index < -0.39 is 0 Å². The van der Waals surface area contributed by atoms with Crippen molar-refractivity contribution >= 4 is 0 Å². The maximum absolute atomic E-state index is 2.63. The fraction of sp³-hybridized carbons (Fsp3) is 1.00. The molecule has 1 saturated heterocycles. The first kappa shape index (κ1) is 11.0. The zero-order valence-electron chi connectivity index (χ0n) is 9.42. The lowest BCUT2D eigenvalue weighted by Crippen LogP contribution is -2.33. The SMILES string of the molecule is CCN(C)CCC(C)N1CCCC1. The molecule has 1 fully saturated rings. The smallest absolute Gasteiger partial charge is 0.00790 e. The molecule has 2 heteroatoms. The molecule has 1 aliphatic rings. The van der Waals surface area contributed by atoms with Crippen LogP contribution in [0.25, 0.3) is 0 Å². The molecule has 1 unspecified atom stereocenters. The van der Waals surface area contributed by atoms with Crippen molar-refractivity contribution in [3.8, 4) is 0 Å². The summed E-state index contributed by atoms with van der Waals surface area (Å²) in [6.07, 6.45) is 4.15. The standard InChI is InChI=1S/C11H24N2/c1-4-12(3)10-7-11(2)13-8-5-6-9-13/h11H,4-10H2,1-3H3. The molecule has 0 aromatic carbocycles. The van der Waals surface area contributed by atoms with Crippen LogP contribution in [-0.2, 0) is 0 Å². The summed E-state index contributed by atoms with van der Waals surface area (Å²) in [6.45, 7) is 9.67. The second-order valence-electron chi connectivity index (χ2n) is 4.28. The molecule has 0 N–H and O–H groups in total. The number of nitrogens with zero attached hydrogens (tertiary/aromatic N) is 2. The molecule has 0 bridgehead atoms. The first-order chi connectivity index (χ1) is 6.24. The predicted octanol–water partition coefficient (Wildman–Crippen LogP) is 1.81. The van der Waals surface area contributed by atoms with Gasteiger partial charge in [0.15, 0.2) is 0 Å². The fourth-order valence-electron chi connectivity index (χ4n) is 1.93. The van der Waals surface area contributed by atoms with Gasteiger partial charge in [0.2, 0.25) is 0 Å². The molecule has 1 heterocycles. The molecule has 1 rings (SSSR count). The maximum atomic E-state index is 2.63. The van der Waals surface area contributed by atoms with E-state index in [1.165, 1.54) is 45.4 Å². The molecule has 0 radical (unpaired) electrons. The van der Waals surface area contributed by atoms with Gasteiger partial charge in [-0.2, -0.15) is 0 Å². The van der Waals surface area contributed by atoms with Gasteiger partial charge in [0, 0.05) is 6.04 Å². The van der Waals surface area contributed by atoms with Gasteiger partial charge in [-0.3, -0.25) is 0 Å². The van der Waals surface area contributed by atoms with Gasteiger partial charge in [-0.05, 0) is 59.4 Å². The first-order valence-electron chi connectivity index (χ1n) is 5.66. The van der Waals surface area contributed by atoms with E-state index in [1.54, 1.807) is 0 Å². The lowest BCUT2D eigenvalue weighted by atomic mass is 10.2. The third-order valence-electron chi connectivity index (χ3n) is 3.23. The highest BCUT2D eigenvalue weighted by molar-refractivity contribution is 4.73. The minimum atomic E-state index is 0.788.